The van der Waals surface area contributed by atoms with Crippen molar-refractivity contribution in [2.45, 2.75) is 117 Å². The van der Waals surface area contributed by atoms with Crippen LogP contribution in [0.25, 0.3) is 0 Å². The van der Waals surface area contributed by atoms with Crippen molar-refractivity contribution in [1.82, 2.24) is 0 Å². The van der Waals surface area contributed by atoms with Gasteiger partial charge in [0.1, 0.15) is 5.75 Å². The largest absolute Gasteiger partial charge is 0.494 e. The Morgan fingerprint density at radius 1 is 0.719 bits per heavy atom. The summed E-state index contributed by atoms with van der Waals surface area (Å²) in [7, 11) is 0. The Kier molecular flexibility index (Phi) is 14.2. The lowest BCUT2D eigenvalue weighted by atomic mass is 9.78. The molecule has 1 saturated carbocycles. The molecular formula is C29H48O3. The van der Waals surface area contributed by atoms with E-state index in [1.165, 1.54) is 83.5 Å². The minimum atomic E-state index is -0.226. The average molecular weight is 445 g/mol. The van der Waals surface area contributed by atoms with Gasteiger partial charge in [-0.2, -0.15) is 0 Å². The van der Waals surface area contributed by atoms with E-state index in [-0.39, 0.29) is 5.97 Å². The van der Waals surface area contributed by atoms with Crippen LogP contribution < -0.4 is 4.74 Å². The van der Waals surface area contributed by atoms with Crippen LogP contribution in [0.3, 0.4) is 0 Å². The van der Waals surface area contributed by atoms with Crippen molar-refractivity contribution in [3.63, 3.8) is 0 Å². The van der Waals surface area contributed by atoms with E-state index >= 15 is 0 Å². The molecule has 0 aromatic heterocycles. The lowest BCUT2D eigenvalue weighted by Gasteiger charge is -2.28. The predicted octanol–water partition coefficient (Wildman–Crippen LogP) is 8.75. The third-order valence-corrected chi connectivity index (χ3v) is 7.03. The van der Waals surface area contributed by atoms with Gasteiger partial charge in [-0.25, -0.2) is 4.79 Å². The number of rotatable bonds is 17. The number of benzene rings is 1. The fourth-order valence-corrected chi connectivity index (χ4v) is 4.87. The van der Waals surface area contributed by atoms with Gasteiger partial charge in [0.25, 0.3) is 0 Å². The average Bonchev–Trinajstić information content (AvgIpc) is 2.82. The highest BCUT2D eigenvalue weighted by Crippen LogP contribution is 2.34. The summed E-state index contributed by atoms with van der Waals surface area (Å²) >= 11 is 0. The second-order valence-electron chi connectivity index (χ2n) is 9.80. The van der Waals surface area contributed by atoms with Crippen molar-refractivity contribution >= 4 is 5.97 Å². The Morgan fingerprint density at radius 3 is 1.94 bits per heavy atom. The van der Waals surface area contributed by atoms with Crippen LogP contribution in [0.15, 0.2) is 24.3 Å². The number of esters is 1. The zero-order valence-corrected chi connectivity index (χ0v) is 20.9. The Balaban J connectivity index is 1.52. The molecule has 3 heteroatoms. The van der Waals surface area contributed by atoms with Gasteiger partial charge in [-0.15, -0.1) is 0 Å². The molecule has 0 amide bonds. The van der Waals surface area contributed by atoms with E-state index < -0.39 is 0 Å². The summed E-state index contributed by atoms with van der Waals surface area (Å²) in [5.41, 5.74) is 0.610. The fraction of sp³-hybridized carbons (Fsp3) is 0.759. The summed E-state index contributed by atoms with van der Waals surface area (Å²) < 4.78 is 11.3. The molecule has 1 aliphatic carbocycles. The predicted molar refractivity (Wildman–Crippen MR) is 134 cm³/mol. The first kappa shape index (κ1) is 26.7. The molecule has 182 valence electrons. The minimum absolute atomic E-state index is 0.226. The van der Waals surface area contributed by atoms with E-state index in [4.69, 9.17) is 9.47 Å². The number of carbonyl (C=O) groups is 1. The van der Waals surface area contributed by atoms with Gasteiger partial charge in [0.15, 0.2) is 0 Å². The van der Waals surface area contributed by atoms with Crippen LogP contribution in [-0.2, 0) is 4.74 Å². The Labute approximate surface area is 197 Å². The molecule has 0 heterocycles. The summed E-state index contributed by atoms with van der Waals surface area (Å²) in [6.07, 6.45) is 20.9. The van der Waals surface area contributed by atoms with Crippen LogP contribution in [0.4, 0.5) is 0 Å². The molecule has 0 spiro atoms. The maximum Gasteiger partial charge on any atom is 0.338 e. The van der Waals surface area contributed by atoms with Crippen LogP contribution in [0, 0.1) is 11.8 Å². The summed E-state index contributed by atoms with van der Waals surface area (Å²) in [6, 6.07) is 7.42. The molecule has 32 heavy (non-hydrogen) atoms. The second-order valence-corrected chi connectivity index (χ2v) is 9.80. The van der Waals surface area contributed by atoms with Crippen molar-refractivity contribution in [1.29, 1.82) is 0 Å². The standard InChI is InChI=1S/C29H48O3/c1-3-5-7-8-9-11-23-32-29(30)27-19-21-28(22-20-27)31-24-12-14-26-17-15-25(16-18-26)13-10-6-4-2/h19-22,25-26H,3-18,23-24H2,1-2H3/t25-,26-. The van der Waals surface area contributed by atoms with Crippen molar-refractivity contribution in [2.75, 3.05) is 13.2 Å². The topological polar surface area (TPSA) is 35.5 Å². The molecule has 1 aliphatic rings. The molecule has 0 N–H and O–H groups in total. The van der Waals surface area contributed by atoms with Gasteiger partial charge in [0.05, 0.1) is 18.8 Å². The quantitative estimate of drug-likeness (QED) is 0.178. The van der Waals surface area contributed by atoms with E-state index in [2.05, 4.69) is 13.8 Å². The summed E-state index contributed by atoms with van der Waals surface area (Å²) in [6.45, 7) is 5.79. The highest BCUT2D eigenvalue weighted by atomic mass is 16.5. The van der Waals surface area contributed by atoms with Gasteiger partial charge in [-0.1, -0.05) is 97.3 Å². The SMILES string of the molecule is CCCCCCCCOC(=O)c1ccc(OCCC[C@H]2CC[C@H](CCCCC)CC2)cc1. The maximum absolute atomic E-state index is 12.2. The van der Waals surface area contributed by atoms with Crippen molar-refractivity contribution in [3.8, 4) is 5.75 Å². The number of unbranched alkanes of at least 4 members (excludes halogenated alkanes) is 7. The van der Waals surface area contributed by atoms with E-state index in [9.17, 15) is 4.79 Å². The third-order valence-electron chi connectivity index (χ3n) is 7.03. The second kappa shape index (κ2) is 17.0. The van der Waals surface area contributed by atoms with Crippen LogP contribution in [0.1, 0.15) is 127 Å². The van der Waals surface area contributed by atoms with E-state index in [1.54, 1.807) is 0 Å². The highest BCUT2D eigenvalue weighted by Gasteiger charge is 2.20. The maximum atomic E-state index is 12.2. The zero-order chi connectivity index (χ0) is 22.9. The van der Waals surface area contributed by atoms with Gasteiger partial charge in [0, 0.05) is 0 Å². The first-order chi connectivity index (χ1) is 15.7. The molecule has 0 unspecified atom stereocenters. The summed E-state index contributed by atoms with van der Waals surface area (Å²) in [4.78, 5) is 12.2. The van der Waals surface area contributed by atoms with Gasteiger partial charge >= 0.3 is 5.97 Å². The van der Waals surface area contributed by atoms with E-state index in [0.717, 1.165) is 43.5 Å². The monoisotopic (exact) mass is 444 g/mol. The van der Waals surface area contributed by atoms with Gasteiger partial charge in [0.2, 0.25) is 0 Å². The van der Waals surface area contributed by atoms with Gasteiger partial charge < -0.3 is 9.47 Å². The lowest BCUT2D eigenvalue weighted by molar-refractivity contribution is 0.0497. The van der Waals surface area contributed by atoms with Gasteiger partial charge in [-0.3, -0.25) is 0 Å². The molecule has 0 saturated heterocycles. The molecule has 2 rings (SSSR count). The summed E-state index contributed by atoms with van der Waals surface area (Å²) in [5, 5.41) is 0. The van der Waals surface area contributed by atoms with Gasteiger partial charge in [-0.05, 0) is 55.4 Å². The Hall–Kier alpha value is -1.51. The van der Waals surface area contributed by atoms with E-state index in [0.29, 0.717) is 12.2 Å². The van der Waals surface area contributed by atoms with E-state index in [1.807, 2.05) is 24.3 Å². The minimum Gasteiger partial charge on any atom is -0.494 e. The van der Waals surface area contributed by atoms with Crippen LogP contribution in [-0.4, -0.2) is 19.2 Å². The molecule has 0 bridgehead atoms. The molecule has 3 nitrogen and oxygen atoms in total. The smallest absolute Gasteiger partial charge is 0.338 e. The third kappa shape index (κ3) is 11.4. The van der Waals surface area contributed by atoms with Crippen LogP contribution >= 0.6 is 0 Å². The molecule has 0 atom stereocenters. The fourth-order valence-electron chi connectivity index (χ4n) is 4.87. The highest BCUT2D eigenvalue weighted by molar-refractivity contribution is 5.89. The van der Waals surface area contributed by atoms with Crippen molar-refractivity contribution in [2.24, 2.45) is 11.8 Å². The molecule has 1 fully saturated rings. The molecule has 1 aromatic carbocycles. The lowest BCUT2D eigenvalue weighted by Crippen LogP contribution is -2.15. The first-order valence-electron chi connectivity index (χ1n) is 13.6. The zero-order valence-electron chi connectivity index (χ0n) is 20.9. The molecule has 0 radical (unpaired) electrons. The number of ether oxygens (including phenoxy) is 2. The van der Waals surface area contributed by atoms with Crippen LogP contribution in [0.5, 0.6) is 5.75 Å². The summed E-state index contributed by atoms with van der Waals surface area (Å²) in [5.74, 6) is 2.50. The number of carbonyl (C=O) groups excluding carboxylic acids is 1. The Morgan fingerprint density at radius 2 is 1.28 bits per heavy atom. The van der Waals surface area contributed by atoms with Crippen LogP contribution in [0.2, 0.25) is 0 Å². The normalized spacial score (nSPS) is 18.4. The number of hydrogen-bond acceptors (Lipinski definition) is 3. The van der Waals surface area contributed by atoms with Crippen molar-refractivity contribution in [3.05, 3.63) is 29.8 Å². The molecular weight excluding hydrogens is 396 g/mol. The Bertz CT molecular complexity index is 587. The number of hydrogen-bond donors (Lipinski definition) is 0. The van der Waals surface area contributed by atoms with Crippen molar-refractivity contribution < 1.29 is 14.3 Å². The molecule has 1 aromatic rings. The molecule has 0 aliphatic heterocycles. The first-order valence-corrected chi connectivity index (χ1v) is 13.6.